The summed E-state index contributed by atoms with van der Waals surface area (Å²) in [6.45, 7) is 2.52. The summed E-state index contributed by atoms with van der Waals surface area (Å²) in [6.07, 6.45) is 1.41. The minimum absolute atomic E-state index is 0.182. The molecule has 1 saturated heterocycles. The van der Waals surface area contributed by atoms with E-state index in [2.05, 4.69) is 9.62 Å². The number of benzene rings is 1. The lowest BCUT2D eigenvalue weighted by molar-refractivity contribution is 0.178. The van der Waals surface area contributed by atoms with Crippen molar-refractivity contribution in [2.24, 2.45) is 0 Å². The number of rotatable bonds is 4. The summed E-state index contributed by atoms with van der Waals surface area (Å²) in [7, 11) is -1.88. The van der Waals surface area contributed by atoms with E-state index in [-0.39, 0.29) is 23.6 Å². The molecule has 1 heterocycles. The first-order valence-electron chi connectivity index (χ1n) is 6.95. The first-order valence-corrected chi connectivity index (χ1v) is 8.43. The Hall–Kier alpha value is -1.02. The van der Waals surface area contributed by atoms with E-state index < -0.39 is 15.8 Å². The minimum atomic E-state index is -3.88. The number of sulfonamides is 1. The van der Waals surface area contributed by atoms with Gasteiger partial charge in [-0.2, -0.15) is 0 Å². The molecule has 1 aliphatic rings. The summed E-state index contributed by atoms with van der Waals surface area (Å²) in [5.41, 5.74) is 0.347. The van der Waals surface area contributed by atoms with Crippen LogP contribution in [0.3, 0.4) is 0 Å². The zero-order valence-electron chi connectivity index (χ0n) is 12.2. The molecule has 1 aliphatic heterocycles. The summed E-state index contributed by atoms with van der Waals surface area (Å²) in [5, 5.41) is 8.93. The quantitative estimate of drug-likeness (QED) is 0.872. The van der Waals surface area contributed by atoms with E-state index in [1.165, 1.54) is 12.1 Å². The highest BCUT2D eigenvalue weighted by molar-refractivity contribution is 7.89. The highest BCUT2D eigenvalue weighted by atomic mass is 32.2. The molecule has 1 fully saturated rings. The molecule has 0 saturated carbocycles. The number of aliphatic hydroxyl groups is 1. The molecule has 0 aromatic heterocycles. The van der Waals surface area contributed by atoms with E-state index >= 15 is 0 Å². The maximum atomic E-state index is 13.9. The van der Waals surface area contributed by atoms with Crippen LogP contribution in [0.5, 0.6) is 0 Å². The predicted octanol–water partition coefficient (Wildman–Crippen LogP) is 1.08. The molecule has 0 radical (unpaired) electrons. The van der Waals surface area contributed by atoms with Crippen LogP contribution in [0.15, 0.2) is 23.1 Å². The lowest BCUT2D eigenvalue weighted by atomic mass is 10.0. The molecule has 5 nitrogen and oxygen atoms in total. The molecule has 2 unspecified atom stereocenters. The number of halogens is 1. The maximum absolute atomic E-state index is 13.9. The maximum Gasteiger partial charge on any atom is 0.243 e. The van der Waals surface area contributed by atoms with Crippen molar-refractivity contribution in [2.45, 2.75) is 43.4 Å². The second-order valence-corrected chi connectivity index (χ2v) is 7.28. The van der Waals surface area contributed by atoms with Crippen LogP contribution in [0.1, 0.15) is 25.3 Å². The summed E-state index contributed by atoms with van der Waals surface area (Å²) >= 11 is 0. The van der Waals surface area contributed by atoms with Crippen molar-refractivity contribution < 1.29 is 17.9 Å². The van der Waals surface area contributed by atoms with Gasteiger partial charge in [-0.25, -0.2) is 17.5 Å². The van der Waals surface area contributed by atoms with Crippen LogP contribution in [-0.2, 0) is 16.6 Å². The number of nitrogens with one attached hydrogen (secondary N) is 1. The van der Waals surface area contributed by atoms with E-state index in [0.717, 1.165) is 12.6 Å². The third-order valence-electron chi connectivity index (χ3n) is 4.00. The van der Waals surface area contributed by atoms with E-state index in [0.29, 0.717) is 18.4 Å². The average Bonchev–Trinajstić information content (AvgIpc) is 2.42. The second kappa shape index (κ2) is 6.39. The molecule has 0 bridgehead atoms. The average molecular weight is 316 g/mol. The van der Waals surface area contributed by atoms with E-state index in [1.54, 1.807) is 0 Å². The SMILES string of the molecule is CC1CC(NS(=O)(=O)c2ccc(CO)cc2F)CCN1C. The third-order valence-corrected chi connectivity index (χ3v) is 5.55. The number of aliphatic hydroxyl groups excluding tert-OH is 1. The number of likely N-dealkylation sites (tertiary alicyclic amines) is 1. The van der Waals surface area contributed by atoms with Crippen molar-refractivity contribution in [3.63, 3.8) is 0 Å². The van der Waals surface area contributed by atoms with Gasteiger partial charge >= 0.3 is 0 Å². The van der Waals surface area contributed by atoms with Crippen LogP contribution in [0.2, 0.25) is 0 Å². The Bertz CT molecular complexity index is 606. The molecule has 1 aromatic carbocycles. The molecule has 0 aliphatic carbocycles. The number of piperidine rings is 1. The molecule has 118 valence electrons. The van der Waals surface area contributed by atoms with Crippen LogP contribution in [0, 0.1) is 5.82 Å². The molecule has 7 heteroatoms. The summed E-state index contributed by atoms with van der Waals surface area (Å²) in [5.74, 6) is -0.838. The molecule has 1 aromatic rings. The van der Waals surface area contributed by atoms with E-state index in [9.17, 15) is 12.8 Å². The molecule has 2 rings (SSSR count). The molecule has 2 atom stereocenters. The molecule has 2 N–H and O–H groups in total. The van der Waals surface area contributed by atoms with E-state index in [4.69, 9.17) is 5.11 Å². The Morgan fingerprint density at radius 2 is 2.19 bits per heavy atom. The number of nitrogens with zero attached hydrogens (tertiary/aromatic N) is 1. The minimum Gasteiger partial charge on any atom is -0.392 e. The first-order chi connectivity index (χ1) is 9.83. The van der Waals surface area contributed by atoms with Crippen LogP contribution in [0.25, 0.3) is 0 Å². The van der Waals surface area contributed by atoms with Crippen LogP contribution >= 0.6 is 0 Å². The van der Waals surface area contributed by atoms with E-state index in [1.807, 2.05) is 14.0 Å². The largest absolute Gasteiger partial charge is 0.392 e. The molecule has 0 spiro atoms. The van der Waals surface area contributed by atoms with Crippen molar-refractivity contribution in [3.05, 3.63) is 29.6 Å². The Morgan fingerprint density at radius 3 is 2.76 bits per heavy atom. The summed E-state index contributed by atoms with van der Waals surface area (Å²) in [4.78, 5) is 1.80. The van der Waals surface area contributed by atoms with Gasteiger partial charge in [0.1, 0.15) is 10.7 Å². The van der Waals surface area contributed by atoms with Crippen molar-refractivity contribution in [2.75, 3.05) is 13.6 Å². The lowest BCUT2D eigenvalue weighted by Gasteiger charge is -2.35. The van der Waals surface area contributed by atoms with Gasteiger partial charge in [0.2, 0.25) is 10.0 Å². The zero-order valence-corrected chi connectivity index (χ0v) is 13.0. The molecule has 21 heavy (non-hydrogen) atoms. The van der Waals surface area contributed by atoms with Gasteiger partial charge in [0.25, 0.3) is 0 Å². The van der Waals surface area contributed by atoms with Gasteiger partial charge < -0.3 is 10.0 Å². The summed E-state index contributed by atoms with van der Waals surface area (Å²) < 4.78 is 41.0. The zero-order chi connectivity index (χ0) is 15.6. The Kier molecular flexibility index (Phi) is 4.98. The van der Waals surface area contributed by atoms with Crippen LogP contribution < -0.4 is 4.72 Å². The fourth-order valence-corrected chi connectivity index (χ4v) is 3.88. The topological polar surface area (TPSA) is 69.6 Å². The van der Waals surface area contributed by atoms with Gasteiger partial charge in [0.05, 0.1) is 6.61 Å². The van der Waals surface area contributed by atoms with Gasteiger partial charge in [0.15, 0.2) is 0 Å². The monoisotopic (exact) mass is 316 g/mol. The molecular formula is C14H21FN2O3S. The fraction of sp³-hybridized carbons (Fsp3) is 0.571. The number of hydrogen-bond donors (Lipinski definition) is 2. The number of hydrogen-bond acceptors (Lipinski definition) is 4. The third kappa shape index (κ3) is 3.79. The van der Waals surface area contributed by atoms with Crippen molar-refractivity contribution in [1.82, 2.24) is 9.62 Å². The first kappa shape index (κ1) is 16.4. The Labute approximate surface area is 124 Å². The normalized spacial score (nSPS) is 24.2. The highest BCUT2D eigenvalue weighted by Gasteiger charge is 2.28. The van der Waals surface area contributed by atoms with Gasteiger partial charge in [-0.3, -0.25) is 0 Å². The van der Waals surface area contributed by atoms with Crippen molar-refractivity contribution in [1.29, 1.82) is 0 Å². The van der Waals surface area contributed by atoms with Crippen molar-refractivity contribution in [3.8, 4) is 0 Å². The Balaban J connectivity index is 2.15. The molecule has 0 amide bonds. The van der Waals surface area contributed by atoms with Gasteiger partial charge in [-0.1, -0.05) is 6.07 Å². The van der Waals surface area contributed by atoms with Crippen LogP contribution in [-0.4, -0.2) is 44.1 Å². The second-order valence-electron chi connectivity index (χ2n) is 5.60. The van der Waals surface area contributed by atoms with Gasteiger partial charge in [0, 0.05) is 12.1 Å². The summed E-state index contributed by atoms with van der Waals surface area (Å²) in [6, 6.07) is 3.76. The predicted molar refractivity (Wildman–Crippen MR) is 77.8 cm³/mol. The smallest absolute Gasteiger partial charge is 0.243 e. The fourth-order valence-electron chi connectivity index (χ4n) is 2.54. The standard InChI is InChI=1S/C14H21FN2O3S/c1-10-7-12(5-6-17(10)2)16-21(19,20)14-4-3-11(9-18)8-13(14)15/h3-4,8,10,12,16,18H,5-7,9H2,1-2H3. The van der Waals surface area contributed by atoms with Gasteiger partial charge in [-0.15, -0.1) is 0 Å². The Morgan fingerprint density at radius 1 is 1.48 bits per heavy atom. The lowest BCUT2D eigenvalue weighted by Crippen LogP contribution is -2.47. The van der Waals surface area contributed by atoms with Crippen molar-refractivity contribution >= 4 is 10.0 Å². The molecular weight excluding hydrogens is 295 g/mol. The highest BCUT2D eigenvalue weighted by Crippen LogP contribution is 2.20. The van der Waals surface area contributed by atoms with Crippen LogP contribution in [0.4, 0.5) is 4.39 Å². The van der Waals surface area contributed by atoms with Gasteiger partial charge in [-0.05, 0) is 51.1 Å².